The van der Waals surface area contributed by atoms with Gasteiger partial charge in [-0.2, -0.15) is 17.0 Å². The molecular weight excluding hydrogens is 256 g/mol. The molecule has 1 unspecified atom stereocenters. The molecule has 7 heteroatoms. The van der Waals surface area contributed by atoms with Crippen molar-refractivity contribution in [3.63, 3.8) is 0 Å². The van der Waals surface area contributed by atoms with E-state index < -0.39 is 16.2 Å². The molecule has 0 bridgehead atoms. The summed E-state index contributed by atoms with van der Waals surface area (Å²) < 4.78 is 27.3. The SMILES string of the molecule is CCN(CC)S(=O)(=O)N1CCC(CCC(=O)O)C1. The zero-order chi connectivity index (χ0) is 13.8. The lowest BCUT2D eigenvalue weighted by Crippen LogP contribution is -2.42. The molecule has 1 rings (SSSR count). The quantitative estimate of drug-likeness (QED) is 0.746. The van der Waals surface area contributed by atoms with Gasteiger partial charge in [0, 0.05) is 32.6 Å². The molecule has 106 valence electrons. The van der Waals surface area contributed by atoms with Crippen LogP contribution in [0.25, 0.3) is 0 Å². The predicted molar refractivity (Wildman–Crippen MR) is 68.4 cm³/mol. The van der Waals surface area contributed by atoms with Gasteiger partial charge in [-0.3, -0.25) is 4.79 Å². The van der Waals surface area contributed by atoms with Crippen molar-refractivity contribution in [2.75, 3.05) is 26.2 Å². The second-order valence-electron chi connectivity index (χ2n) is 4.54. The van der Waals surface area contributed by atoms with Gasteiger partial charge in [-0.05, 0) is 18.8 Å². The number of hydrogen-bond acceptors (Lipinski definition) is 3. The summed E-state index contributed by atoms with van der Waals surface area (Å²) in [5.74, 6) is -0.647. The van der Waals surface area contributed by atoms with E-state index in [9.17, 15) is 13.2 Å². The van der Waals surface area contributed by atoms with Crippen LogP contribution in [0.5, 0.6) is 0 Å². The van der Waals surface area contributed by atoms with Gasteiger partial charge in [0.05, 0.1) is 0 Å². The summed E-state index contributed by atoms with van der Waals surface area (Å²) in [4.78, 5) is 10.5. The Labute approximate surface area is 109 Å². The smallest absolute Gasteiger partial charge is 0.303 e. The molecule has 0 amide bonds. The summed E-state index contributed by atoms with van der Waals surface area (Å²) in [7, 11) is -3.35. The average molecular weight is 278 g/mol. The van der Waals surface area contributed by atoms with Gasteiger partial charge in [-0.15, -0.1) is 0 Å². The molecule has 0 aromatic carbocycles. The monoisotopic (exact) mass is 278 g/mol. The van der Waals surface area contributed by atoms with Gasteiger partial charge in [0.1, 0.15) is 0 Å². The molecule has 0 radical (unpaired) electrons. The van der Waals surface area contributed by atoms with Crippen LogP contribution in [0.4, 0.5) is 0 Å². The maximum absolute atomic E-state index is 12.2. The van der Waals surface area contributed by atoms with E-state index in [0.717, 1.165) is 6.42 Å². The molecule has 1 atom stereocenters. The van der Waals surface area contributed by atoms with Crippen LogP contribution in [0, 0.1) is 5.92 Å². The molecule has 1 N–H and O–H groups in total. The van der Waals surface area contributed by atoms with Gasteiger partial charge in [0.2, 0.25) is 0 Å². The van der Waals surface area contributed by atoms with Crippen molar-refractivity contribution in [3.05, 3.63) is 0 Å². The molecule has 0 saturated carbocycles. The number of carboxylic acid groups (broad SMARTS) is 1. The highest BCUT2D eigenvalue weighted by Gasteiger charge is 2.34. The molecule has 1 fully saturated rings. The second kappa shape index (κ2) is 6.49. The highest BCUT2D eigenvalue weighted by Crippen LogP contribution is 2.24. The number of carboxylic acids is 1. The topological polar surface area (TPSA) is 77.9 Å². The Kier molecular flexibility index (Phi) is 5.55. The van der Waals surface area contributed by atoms with Crippen molar-refractivity contribution in [1.82, 2.24) is 8.61 Å². The van der Waals surface area contributed by atoms with Crippen molar-refractivity contribution >= 4 is 16.2 Å². The van der Waals surface area contributed by atoms with E-state index in [1.165, 1.54) is 8.61 Å². The Hall–Kier alpha value is -0.660. The van der Waals surface area contributed by atoms with E-state index in [1.54, 1.807) is 0 Å². The fraction of sp³-hybridized carbons (Fsp3) is 0.909. The molecule has 1 aliphatic heterocycles. The summed E-state index contributed by atoms with van der Waals surface area (Å²) in [6, 6.07) is 0. The molecule has 0 spiro atoms. The van der Waals surface area contributed by atoms with Crippen LogP contribution < -0.4 is 0 Å². The van der Waals surface area contributed by atoms with Crippen molar-refractivity contribution < 1.29 is 18.3 Å². The van der Waals surface area contributed by atoms with Crippen LogP contribution in [0.2, 0.25) is 0 Å². The number of nitrogens with zero attached hydrogens (tertiary/aromatic N) is 2. The molecule has 18 heavy (non-hydrogen) atoms. The minimum Gasteiger partial charge on any atom is -0.481 e. The van der Waals surface area contributed by atoms with Gasteiger partial charge in [0.15, 0.2) is 0 Å². The molecule has 6 nitrogen and oxygen atoms in total. The normalized spacial score (nSPS) is 21.6. The number of aliphatic carboxylic acids is 1. The van der Waals surface area contributed by atoms with Crippen LogP contribution in [-0.4, -0.2) is 54.3 Å². The fourth-order valence-electron chi connectivity index (χ4n) is 2.28. The van der Waals surface area contributed by atoms with Gasteiger partial charge < -0.3 is 5.11 Å². The average Bonchev–Trinajstić information content (AvgIpc) is 2.76. The highest BCUT2D eigenvalue weighted by molar-refractivity contribution is 7.86. The minimum absolute atomic E-state index is 0.115. The van der Waals surface area contributed by atoms with E-state index in [4.69, 9.17) is 5.11 Å². The van der Waals surface area contributed by atoms with Crippen LogP contribution >= 0.6 is 0 Å². The predicted octanol–water partition coefficient (Wildman–Crippen LogP) is 0.760. The number of rotatable bonds is 7. The standard InChI is InChI=1S/C11H22N2O4S/c1-3-12(4-2)18(16,17)13-8-7-10(9-13)5-6-11(14)15/h10H,3-9H2,1-2H3,(H,14,15). The van der Waals surface area contributed by atoms with Crippen LogP contribution in [0.15, 0.2) is 0 Å². The molecule has 1 heterocycles. The molecule has 0 aromatic heterocycles. The Bertz CT molecular complexity index is 379. The van der Waals surface area contributed by atoms with Crippen LogP contribution in [0.1, 0.15) is 33.1 Å². The van der Waals surface area contributed by atoms with Crippen LogP contribution in [-0.2, 0) is 15.0 Å². The largest absolute Gasteiger partial charge is 0.481 e. The number of carbonyl (C=O) groups is 1. The van der Waals surface area contributed by atoms with Crippen molar-refractivity contribution in [3.8, 4) is 0 Å². The Morgan fingerprint density at radius 2 is 2.00 bits per heavy atom. The lowest BCUT2D eigenvalue weighted by Gasteiger charge is -2.25. The lowest BCUT2D eigenvalue weighted by atomic mass is 10.0. The first-order valence-corrected chi connectivity index (χ1v) is 7.78. The third kappa shape index (κ3) is 3.66. The van der Waals surface area contributed by atoms with E-state index >= 15 is 0 Å². The maximum Gasteiger partial charge on any atom is 0.303 e. The fourth-order valence-corrected chi connectivity index (χ4v) is 4.00. The zero-order valence-corrected chi connectivity index (χ0v) is 11.8. The summed E-state index contributed by atoms with van der Waals surface area (Å²) in [6.07, 6.45) is 1.43. The third-order valence-corrected chi connectivity index (χ3v) is 5.53. The summed E-state index contributed by atoms with van der Waals surface area (Å²) in [5.41, 5.74) is 0. The maximum atomic E-state index is 12.2. The molecule has 1 saturated heterocycles. The van der Waals surface area contributed by atoms with E-state index in [0.29, 0.717) is 32.6 Å². The van der Waals surface area contributed by atoms with E-state index in [2.05, 4.69) is 0 Å². The van der Waals surface area contributed by atoms with Gasteiger partial charge in [0.25, 0.3) is 10.2 Å². The highest BCUT2D eigenvalue weighted by atomic mass is 32.2. The second-order valence-corrected chi connectivity index (χ2v) is 6.47. The summed E-state index contributed by atoms with van der Waals surface area (Å²) in [6.45, 7) is 5.53. The van der Waals surface area contributed by atoms with E-state index in [-0.39, 0.29) is 12.3 Å². The first-order chi connectivity index (χ1) is 8.41. The zero-order valence-electron chi connectivity index (χ0n) is 11.0. The Morgan fingerprint density at radius 3 is 2.50 bits per heavy atom. The third-order valence-electron chi connectivity index (χ3n) is 3.37. The van der Waals surface area contributed by atoms with Gasteiger partial charge in [-0.1, -0.05) is 13.8 Å². The molecule has 0 aromatic rings. The van der Waals surface area contributed by atoms with Crippen molar-refractivity contribution in [2.45, 2.75) is 33.1 Å². The summed E-state index contributed by atoms with van der Waals surface area (Å²) in [5, 5.41) is 8.62. The molecule has 1 aliphatic rings. The Balaban J connectivity index is 2.57. The molecule has 0 aliphatic carbocycles. The molecular formula is C11H22N2O4S. The summed E-state index contributed by atoms with van der Waals surface area (Å²) >= 11 is 0. The number of hydrogen-bond donors (Lipinski definition) is 1. The lowest BCUT2D eigenvalue weighted by molar-refractivity contribution is -0.137. The van der Waals surface area contributed by atoms with Gasteiger partial charge in [-0.25, -0.2) is 0 Å². The van der Waals surface area contributed by atoms with Crippen molar-refractivity contribution in [2.24, 2.45) is 5.92 Å². The first kappa shape index (κ1) is 15.4. The first-order valence-electron chi connectivity index (χ1n) is 6.38. The Morgan fingerprint density at radius 1 is 1.39 bits per heavy atom. The van der Waals surface area contributed by atoms with Crippen molar-refractivity contribution in [1.29, 1.82) is 0 Å². The van der Waals surface area contributed by atoms with Crippen LogP contribution in [0.3, 0.4) is 0 Å². The van der Waals surface area contributed by atoms with E-state index in [1.807, 2.05) is 13.8 Å². The van der Waals surface area contributed by atoms with Gasteiger partial charge >= 0.3 is 5.97 Å². The minimum atomic E-state index is -3.35.